The van der Waals surface area contributed by atoms with Crippen molar-refractivity contribution in [3.05, 3.63) is 187 Å². The third-order valence-electron chi connectivity index (χ3n) is 9.42. The molecule has 0 atom stereocenters. The summed E-state index contributed by atoms with van der Waals surface area (Å²) in [5.41, 5.74) is 6.83. The Balaban J connectivity index is 1.30. The van der Waals surface area contributed by atoms with Crippen LogP contribution in [0.15, 0.2) is 176 Å². The van der Waals surface area contributed by atoms with Crippen molar-refractivity contribution in [2.75, 3.05) is 0 Å². The van der Waals surface area contributed by atoms with Crippen molar-refractivity contribution in [1.82, 2.24) is 4.57 Å². The Bertz CT molecular complexity index is 2480. The smallest absolute Gasteiger partial charge is 0.180 e. The van der Waals surface area contributed by atoms with Gasteiger partial charge in [-0.2, -0.15) is 10.5 Å². The second-order valence-corrected chi connectivity index (χ2v) is 15.7. The van der Waals surface area contributed by atoms with Crippen LogP contribution in [0.3, 0.4) is 0 Å². The minimum absolute atomic E-state index is 0.655. The summed E-state index contributed by atoms with van der Waals surface area (Å²) >= 11 is 0. The van der Waals surface area contributed by atoms with Crippen LogP contribution < -0.4 is 20.7 Å². The quantitative estimate of drug-likeness (QED) is 0.141. The van der Waals surface area contributed by atoms with Gasteiger partial charge in [-0.3, -0.25) is 0 Å². The predicted molar refractivity (Wildman–Crippen MR) is 199 cm³/mol. The van der Waals surface area contributed by atoms with Crippen molar-refractivity contribution in [2.24, 2.45) is 0 Å². The maximum absolute atomic E-state index is 10.3. The third-order valence-corrected chi connectivity index (χ3v) is 14.3. The molecule has 0 N–H and O–H groups in total. The molecule has 0 spiro atoms. The summed E-state index contributed by atoms with van der Waals surface area (Å²) in [5.74, 6) is 0. The van der Waals surface area contributed by atoms with Gasteiger partial charge in [-0.05, 0) is 74.3 Å². The molecule has 8 aromatic rings. The minimum Gasteiger partial charge on any atom is -0.309 e. The Labute approximate surface area is 280 Å². The zero-order valence-electron chi connectivity index (χ0n) is 26.1. The molecule has 0 saturated heterocycles. The van der Waals surface area contributed by atoms with E-state index >= 15 is 0 Å². The molecule has 0 aliphatic rings. The number of para-hydroxylation sites is 1. The highest BCUT2D eigenvalue weighted by Gasteiger charge is 2.42. The fourth-order valence-electron chi connectivity index (χ4n) is 7.31. The lowest BCUT2D eigenvalue weighted by atomic mass is 10.1. The fraction of sp³-hybridized carbons (Fsp3) is 0. The Kier molecular flexibility index (Phi) is 7.27. The van der Waals surface area contributed by atoms with Gasteiger partial charge in [-0.1, -0.05) is 133 Å². The molecule has 1 aromatic heterocycles. The van der Waals surface area contributed by atoms with E-state index in [0.717, 1.165) is 43.8 Å². The summed E-state index contributed by atoms with van der Waals surface area (Å²) in [6.45, 7) is 0. The number of hydrogen-bond acceptors (Lipinski definition) is 2. The summed E-state index contributed by atoms with van der Waals surface area (Å²) in [7, 11) is -2.86. The lowest BCUT2D eigenvalue weighted by Crippen LogP contribution is -2.75. The highest BCUT2D eigenvalue weighted by atomic mass is 28.3. The maximum Gasteiger partial charge on any atom is 0.180 e. The van der Waals surface area contributed by atoms with Gasteiger partial charge in [0.25, 0.3) is 0 Å². The first-order chi connectivity index (χ1) is 23.7. The number of aromatic nitrogens is 1. The second kappa shape index (κ2) is 12.0. The Hall–Kier alpha value is -6.46. The summed E-state index contributed by atoms with van der Waals surface area (Å²) in [6.07, 6.45) is 0. The van der Waals surface area contributed by atoms with E-state index in [-0.39, 0.29) is 0 Å². The molecule has 0 aliphatic carbocycles. The van der Waals surface area contributed by atoms with Crippen LogP contribution in [-0.2, 0) is 0 Å². The summed E-state index contributed by atoms with van der Waals surface area (Å²) in [6, 6.07) is 66.2. The van der Waals surface area contributed by atoms with Gasteiger partial charge in [-0.25, -0.2) is 0 Å². The monoisotopic (exact) mass is 627 g/mol. The van der Waals surface area contributed by atoms with Gasteiger partial charge >= 0.3 is 0 Å². The van der Waals surface area contributed by atoms with E-state index in [0.29, 0.717) is 11.1 Å². The summed E-state index contributed by atoms with van der Waals surface area (Å²) in [5, 5.41) is 26.9. The van der Waals surface area contributed by atoms with Gasteiger partial charge in [0, 0.05) is 16.5 Å². The van der Waals surface area contributed by atoms with Crippen LogP contribution in [0.2, 0.25) is 0 Å². The highest BCUT2D eigenvalue weighted by Crippen LogP contribution is 2.34. The Morgan fingerprint density at radius 3 is 1.77 bits per heavy atom. The molecule has 0 amide bonds. The molecule has 0 bridgehead atoms. The normalized spacial score (nSPS) is 11.3. The first kappa shape index (κ1) is 29.0. The third kappa shape index (κ3) is 4.64. The standard InChI is InChI=1S/C44H29N3Si/c45-30-32-22-27-43-41(28-32)40-19-8-9-20-42(40)47(43)36-14-11-13-34(29-36)33-23-25-39(26-24-33)48(37-15-3-1-4-16-37,38-17-5-2-6-18-38)44-21-10-7-12-35(44)31-46/h1-29H. The van der Waals surface area contributed by atoms with Crippen molar-refractivity contribution in [2.45, 2.75) is 0 Å². The molecular weight excluding hydrogens is 599 g/mol. The molecule has 3 nitrogen and oxygen atoms in total. The van der Waals surface area contributed by atoms with E-state index in [4.69, 9.17) is 0 Å². The first-order valence-corrected chi connectivity index (χ1v) is 18.0. The molecule has 8 rings (SSSR count). The van der Waals surface area contributed by atoms with E-state index in [1.54, 1.807) is 0 Å². The van der Waals surface area contributed by atoms with E-state index < -0.39 is 8.07 Å². The highest BCUT2D eigenvalue weighted by molar-refractivity contribution is 7.20. The Morgan fingerprint density at radius 1 is 0.438 bits per heavy atom. The lowest BCUT2D eigenvalue weighted by molar-refractivity contribution is 1.18. The van der Waals surface area contributed by atoms with Crippen molar-refractivity contribution in [1.29, 1.82) is 10.5 Å². The van der Waals surface area contributed by atoms with Crippen molar-refractivity contribution >= 4 is 50.6 Å². The first-order valence-electron chi connectivity index (χ1n) is 16.0. The average Bonchev–Trinajstić information content (AvgIpc) is 3.50. The Morgan fingerprint density at radius 2 is 1.06 bits per heavy atom. The number of fused-ring (bicyclic) bond motifs is 3. The van der Waals surface area contributed by atoms with Crippen LogP contribution >= 0.6 is 0 Å². The van der Waals surface area contributed by atoms with Gasteiger partial charge in [0.15, 0.2) is 8.07 Å². The molecule has 48 heavy (non-hydrogen) atoms. The molecule has 224 valence electrons. The van der Waals surface area contributed by atoms with Crippen LogP contribution in [-0.4, -0.2) is 12.6 Å². The fourth-order valence-corrected chi connectivity index (χ4v) is 12.2. The molecular formula is C44H29N3Si. The van der Waals surface area contributed by atoms with Gasteiger partial charge < -0.3 is 4.57 Å². The zero-order chi connectivity index (χ0) is 32.5. The van der Waals surface area contributed by atoms with Crippen LogP contribution in [0.1, 0.15) is 11.1 Å². The zero-order valence-corrected chi connectivity index (χ0v) is 27.1. The summed E-state index contributed by atoms with van der Waals surface area (Å²) in [4.78, 5) is 0. The topological polar surface area (TPSA) is 52.5 Å². The lowest BCUT2D eigenvalue weighted by Gasteiger charge is -2.35. The van der Waals surface area contributed by atoms with Crippen LogP contribution in [0.5, 0.6) is 0 Å². The molecule has 0 radical (unpaired) electrons. The number of nitriles is 2. The number of nitrogens with zero attached hydrogens (tertiary/aromatic N) is 3. The molecule has 0 aliphatic heterocycles. The SMILES string of the molecule is N#Cc1ccc2c(c1)c1ccccc1n2-c1cccc(-c2ccc([Si](c3ccccc3)(c3ccccc3)c3ccccc3C#N)cc2)c1. The minimum atomic E-state index is -2.86. The molecule has 0 saturated carbocycles. The summed E-state index contributed by atoms with van der Waals surface area (Å²) < 4.78 is 2.28. The molecule has 7 aromatic carbocycles. The van der Waals surface area contributed by atoms with Crippen molar-refractivity contribution < 1.29 is 0 Å². The van der Waals surface area contributed by atoms with E-state index in [9.17, 15) is 10.5 Å². The van der Waals surface area contributed by atoms with E-state index in [1.807, 2.05) is 36.4 Å². The molecule has 0 fully saturated rings. The molecule has 0 unspecified atom stereocenters. The number of benzene rings is 7. The van der Waals surface area contributed by atoms with Crippen molar-refractivity contribution in [3.8, 4) is 29.0 Å². The molecule has 4 heteroatoms. The van der Waals surface area contributed by atoms with Gasteiger partial charge in [0.05, 0.1) is 34.3 Å². The maximum atomic E-state index is 10.3. The van der Waals surface area contributed by atoms with Gasteiger partial charge in [0.1, 0.15) is 0 Å². The van der Waals surface area contributed by atoms with Crippen LogP contribution in [0, 0.1) is 22.7 Å². The van der Waals surface area contributed by atoms with Gasteiger partial charge in [-0.15, -0.1) is 0 Å². The predicted octanol–water partition coefficient (Wildman–Crippen LogP) is 7.57. The number of hydrogen-bond donors (Lipinski definition) is 0. The number of rotatable bonds is 6. The van der Waals surface area contributed by atoms with Crippen LogP contribution in [0.25, 0.3) is 38.6 Å². The van der Waals surface area contributed by atoms with Crippen molar-refractivity contribution in [3.63, 3.8) is 0 Å². The van der Waals surface area contributed by atoms with Crippen LogP contribution in [0.4, 0.5) is 0 Å². The van der Waals surface area contributed by atoms with E-state index in [1.165, 1.54) is 15.6 Å². The average molecular weight is 628 g/mol. The largest absolute Gasteiger partial charge is 0.309 e. The second-order valence-electron chi connectivity index (χ2n) is 12.0. The van der Waals surface area contributed by atoms with E-state index in [2.05, 4.69) is 156 Å². The van der Waals surface area contributed by atoms with Gasteiger partial charge in [0.2, 0.25) is 0 Å². The molecule has 1 heterocycles.